The molecule has 0 radical (unpaired) electrons. The Morgan fingerprint density at radius 1 is 1.25 bits per heavy atom. The predicted molar refractivity (Wildman–Crippen MR) is 73.2 cm³/mol. The second-order valence-corrected chi connectivity index (χ2v) is 3.93. The summed E-state index contributed by atoms with van der Waals surface area (Å²) < 4.78 is 10.2. The lowest BCUT2D eigenvalue weighted by atomic mass is 10.0. The van der Waals surface area contributed by atoms with E-state index in [0.717, 1.165) is 0 Å². The number of nitrogens with one attached hydrogen (secondary N) is 2. The summed E-state index contributed by atoms with van der Waals surface area (Å²) in [5, 5.41) is 19.1. The lowest BCUT2D eigenvalue weighted by Crippen LogP contribution is -2.17. The Labute approximate surface area is 116 Å². The first-order valence-corrected chi connectivity index (χ1v) is 5.72. The van der Waals surface area contributed by atoms with Crippen LogP contribution in [0.2, 0.25) is 0 Å². The molecule has 3 N–H and O–H groups in total. The summed E-state index contributed by atoms with van der Waals surface area (Å²) in [6, 6.07) is 2.96. The molecule has 0 amide bonds. The minimum Gasteiger partial charge on any atom is -0.493 e. The number of carboxylic acids is 1. The van der Waals surface area contributed by atoms with Crippen LogP contribution < -0.4 is 14.8 Å². The van der Waals surface area contributed by atoms with Gasteiger partial charge in [0.15, 0.2) is 17.3 Å². The number of carboxylic acid groups (broad SMARTS) is 1. The van der Waals surface area contributed by atoms with Gasteiger partial charge in [0.2, 0.25) is 0 Å². The maximum absolute atomic E-state index is 11.3. The van der Waals surface area contributed by atoms with E-state index in [-0.39, 0.29) is 17.8 Å². The van der Waals surface area contributed by atoms with Crippen molar-refractivity contribution in [3.8, 4) is 11.5 Å². The third kappa shape index (κ3) is 3.47. The van der Waals surface area contributed by atoms with E-state index in [1.165, 1.54) is 33.3 Å². The highest BCUT2D eigenvalue weighted by molar-refractivity contribution is 6.45. The number of ketones is 1. The van der Waals surface area contributed by atoms with E-state index in [0.29, 0.717) is 17.2 Å². The molecule has 1 rings (SSSR count). The fourth-order valence-corrected chi connectivity index (χ4v) is 1.59. The van der Waals surface area contributed by atoms with Crippen LogP contribution in [0, 0.1) is 5.41 Å². The molecule has 7 heteroatoms. The fraction of sp³-hybridized carbons (Fsp3) is 0.308. The van der Waals surface area contributed by atoms with Crippen LogP contribution in [0.4, 0.5) is 5.69 Å². The van der Waals surface area contributed by atoms with Crippen LogP contribution in [-0.2, 0) is 9.59 Å². The third-order valence-corrected chi connectivity index (χ3v) is 2.58. The number of ether oxygens (including phenoxy) is 2. The van der Waals surface area contributed by atoms with Crippen molar-refractivity contribution in [2.24, 2.45) is 0 Å². The van der Waals surface area contributed by atoms with Crippen LogP contribution in [0.25, 0.3) is 0 Å². The summed E-state index contributed by atoms with van der Waals surface area (Å²) in [5.41, 5.74) is 0.348. The number of anilines is 1. The van der Waals surface area contributed by atoms with Gasteiger partial charge in [-0.2, -0.15) is 0 Å². The quantitative estimate of drug-likeness (QED) is 0.647. The molecule has 0 bridgehead atoms. The number of rotatable bonds is 7. The molecule has 0 aliphatic rings. The topological polar surface area (TPSA) is 109 Å². The van der Waals surface area contributed by atoms with Gasteiger partial charge in [0.25, 0.3) is 0 Å². The zero-order valence-corrected chi connectivity index (χ0v) is 11.4. The van der Waals surface area contributed by atoms with Gasteiger partial charge < -0.3 is 19.9 Å². The molecule has 0 spiro atoms. The van der Waals surface area contributed by atoms with Crippen molar-refractivity contribution >= 4 is 23.2 Å². The zero-order chi connectivity index (χ0) is 15.3. The van der Waals surface area contributed by atoms with Crippen LogP contribution in [0.15, 0.2) is 12.1 Å². The minimum atomic E-state index is -1.06. The Morgan fingerprint density at radius 2 is 1.80 bits per heavy atom. The summed E-state index contributed by atoms with van der Waals surface area (Å²) in [6.45, 7) is 0.924. The Balaban J connectivity index is 3.32. The second kappa shape index (κ2) is 6.55. The van der Waals surface area contributed by atoms with Gasteiger partial charge in [0, 0.05) is 24.2 Å². The van der Waals surface area contributed by atoms with Gasteiger partial charge >= 0.3 is 5.97 Å². The second-order valence-electron chi connectivity index (χ2n) is 3.93. The molecule has 0 heterocycles. The van der Waals surface area contributed by atoms with Gasteiger partial charge in [-0.05, 0) is 6.07 Å². The number of hydrogen-bond acceptors (Lipinski definition) is 6. The maximum Gasteiger partial charge on any atom is 0.322 e. The van der Waals surface area contributed by atoms with Crippen molar-refractivity contribution in [1.82, 2.24) is 0 Å². The highest BCUT2D eigenvalue weighted by Crippen LogP contribution is 2.33. The predicted octanol–water partition coefficient (Wildman–Crippen LogP) is 1.16. The molecule has 0 aliphatic heterocycles. The average molecular weight is 280 g/mol. The molecule has 0 aromatic heterocycles. The number of carbonyl (C=O) groups is 2. The van der Waals surface area contributed by atoms with Crippen molar-refractivity contribution in [3.63, 3.8) is 0 Å². The normalized spacial score (nSPS) is 9.75. The molecular formula is C13H16N2O5. The van der Waals surface area contributed by atoms with E-state index in [4.69, 9.17) is 20.0 Å². The van der Waals surface area contributed by atoms with Crippen molar-refractivity contribution in [3.05, 3.63) is 17.7 Å². The van der Waals surface area contributed by atoms with Crippen LogP contribution >= 0.6 is 0 Å². The van der Waals surface area contributed by atoms with E-state index in [1.54, 1.807) is 0 Å². The number of carbonyl (C=O) groups excluding carboxylic acids is 1. The lowest BCUT2D eigenvalue weighted by molar-refractivity contribution is -0.134. The number of benzene rings is 1. The average Bonchev–Trinajstić information content (AvgIpc) is 2.42. The first kappa shape index (κ1) is 15.5. The fourth-order valence-electron chi connectivity index (χ4n) is 1.59. The largest absolute Gasteiger partial charge is 0.493 e. The Bertz CT molecular complexity index is 554. The monoisotopic (exact) mass is 280 g/mol. The summed E-state index contributed by atoms with van der Waals surface area (Å²) in [5.74, 6) is -0.759. The molecule has 0 aliphatic carbocycles. The summed E-state index contributed by atoms with van der Waals surface area (Å²) in [4.78, 5) is 22.0. The number of methoxy groups -OCH3 is 2. The molecular weight excluding hydrogens is 264 g/mol. The Kier molecular flexibility index (Phi) is 5.08. The lowest BCUT2D eigenvalue weighted by Gasteiger charge is -2.15. The van der Waals surface area contributed by atoms with Crippen LogP contribution in [-0.4, -0.2) is 43.3 Å². The van der Waals surface area contributed by atoms with E-state index >= 15 is 0 Å². The molecule has 1 aromatic rings. The van der Waals surface area contributed by atoms with Gasteiger partial charge in [-0.15, -0.1) is 0 Å². The van der Waals surface area contributed by atoms with Crippen molar-refractivity contribution in [2.75, 3.05) is 26.1 Å². The molecule has 0 atom stereocenters. The van der Waals surface area contributed by atoms with Gasteiger partial charge in [-0.25, -0.2) is 0 Å². The minimum absolute atomic E-state index is 0.237. The maximum atomic E-state index is 11.3. The molecule has 0 saturated carbocycles. The SMILES string of the molecule is COc1cc(NCC(=O)O)c(C(=N)C(C)=O)cc1OC. The first-order chi connectivity index (χ1) is 9.40. The summed E-state index contributed by atoms with van der Waals surface area (Å²) in [7, 11) is 2.87. The molecule has 0 fully saturated rings. The highest BCUT2D eigenvalue weighted by Gasteiger charge is 2.17. The van der Waals surface area contributed by atoms with Gasteiger partial charge in [0.1, 0.15) is 12.3 Å². The van der Waals surface area contributed by atoms with Crippen LogP contribution in [0.5, 0.6) is 11.5 Å². The Morgan fingerprint density at radius 3 is 2.25 bits per heavy atom. The Hall–Kier alpha value is -2.57. The van der Waals surface area contributed by atoms with E-state index < -0.39 is 11.8 Å². The molecule has 108 valence electrons. The number of Topliss-reactive ketones (excluding diaryl/α,β-unsaturated/α-hetero) is 1. The highest BCUT2D eigenvalue weighted by atomic mass is 16.5. The smallest absolute Gasteiger partial charge is 0.322 e. The van der Waals surface area contributed by atoms with E-state index in [9.17, 15) is 9.59 Å². The van der Waals surface area contributed by atoms with Crippen molar-refractivity contribution in [2.45, 2.75) is 6.92 Å². The standard InChI is InChI=1S/C13H16N2O5/c1-7(16)13(14)8-4-10(19-2)11(20-3)5-9(8)15-6-12(17)18/h4-5,14-15H,6H2,1-3H3,(H,17,18). The number of hydrogen-bond donors (Lipinski definition) is 3. The molecule has 7 nitrogen and oxygen atoms in total. The van der Waals surface area contributed by atoms with Crippen LogP contribution in [0.1, 0.15) is 12.5 Å². The molecule has 20 heavy (non-hydrogen) atoms. The molecule has 0 saturated heterocycles. The molecule has 1 aromatic carbocycles. The summed E-state index contributed by atoms with van der Waals surface area (Å²) in [6.07, 6.45) is 0. The third-order valence-electron chi connectivity index (χ3n) is 2.58. The van der Waals surface area contributed by atoms with E-state index in [2.05, 4.69) is 5.32 Å². The van der Waals surface area contributed by atoms with Crippen molar-refractivity contribution < 1.29 is 24.2 Å². The van der Waals surface area contributed by atoms with Crippen molar-refractivity contribution in [1.29, 1.82) is 5.41 Å². The zero-order valence-electron chi connectivity index (χ0n) is 11.4. The number of aliphatic carboxylic acids is 1. The first-order valence-electron chi connectivity index (χ1n) is 5.72. The van der Waals surface area contributed by atoms with E-state index in [1.807, 2.05) is 0 Å². The van der Waals surface area contributed by atoms with Gasteiger partial charge in [-0.1, -0.05) is 0 Å². The van der Waals surface area contributed by atoms with Crippen LogP contribution in [0.3, 0.4) is 0 Å². The van der Waals surface area contributed by atoms with Gasteiger partial charge in [0.05, 0.1) is 14.2 Å². The van der Waals surface area contributed by atoms with Gasteiger partial charge in [-0.3, -0.25) is 15.0 Å². The molecule has 0 unspecified atom stereocenters. The summed E-state index contributed by atoms with van der Waals surface area (Å²) >= 11 is 0.